The highest BCUT2D eigenvalue weighted by atomic mass is 16.8. The van der Waals surface area contributed by atoms with Crippen molar-refractivity contribution in [2.24, 2.45) is 0 Å². The van der Waals surface area contributed by atoms with Crippen LogP contribution >= 0.6 is 0 Å². The van der Waals surface area contributed by atoms with Gasteiger partial charge in [-0.15, -0.1) is 0 Å². The summed E-state index contributed by atoms with van der Waals surface area (Å²) in [6.07, 6.45) is 0.570. The Morgan fingerprint density at radius 3 is 2.29 bits per heavy atom. The number of aryl methyl sites for hydroxylation is 1. The molecule has 2 aromatic carbocycles. The minimum absolute atomic E-state index is 0.116. The van der Waals surface area contributed by atoms with E-state index in [1.54, 1.807) is 4.90 Å². The van der Waals surface area contributed by atoms with Crippen molar-refractivity contribution in [2.45, 2.75) is 31.4 Å². The number of piperidine rings is 1. The van der Waals surface area contributed by atoms with Crippen LogP contribution in [0.5, 0.6) is 0 Å². The van der Waals surface area contributed by atoms with E-state index in [2.05, 4.69) is 17.4 Å². The number of hydrogen-bond donors (Lipinski definition) is 1. The summed E-state index contributed by atoms with van der Waals surface area (Å²) in [4.78, 5) is 26.0. The summed E-state index contributed by atoms with van der Waals surface area (Å²) < 4.78 is 10.3. The minimum atomic E-state index is -0.610. The average molecular weight is 380 g/mol. The molecular weight excluding hydrogens is 356 g/mol. The molecule has 0 bridgehead atoms. The van der Waals surface area contributed by atoms with Gasteiger partial charge in [0, 0.05) is 25.9 Å². The van der Waals surface area contributed by atoms with Crippen molar-refractivity contribution in [3.05, 3.63) is 71.3 Å². The molecule has 0 aliphatic carbocycles. The Morgan fingerprint density at radius 1 is 1.04 bits per heavy atom. The fourth-order valence-electron chi connectivity index (χ4n) is 3.77. The van der Waals surface area contributed by atoms with Gasteiger partial charge in [0.1, 0.15) is 6.61 Å². The van der Waals surface area contributed by atoms with E-state index in [0.717, 1.165) is 11.1 Å². The number of nitrogens with zero attached hydrogens (tertiary/aromatic N) is 1. The highest BCUT2D eigenvalue weighted by molar-refractivity contribution is 5.75. The molecule has 1 spiro atoms. The van der Waals surface area contributed by atoms with Crippen molar-refractivity contribution in [3.8, 4) is 0 Å². The van der Waals surface area contributed by atoms with Crippen molar-refractivity contribution in [3.63, 3.8) is 0 Å². The van der Waals surface area contributed by atoms with Crippen molar-refractivity contribution in [2.75, 3.05) is 19.7 Å². The molecule has 1 atom stereocenters. The Morgan fingerprint density at radius 2 is 1.68 bits per heavy atom. The van der Waals surface area contributed by atoms with Crippen LogP contribution in [0.25, 0.3) is 0 Å². The third-order valence-electron chi connectivity index (χ3n) is 5.53. The smallest absolute Gasteiger partial charge is 0.430 e. The van der Waals surface area contributed by atoms with Crippen LogP contribution in [0.4, 0.5) is 9.59 Å². The van der Waals surface area contributed by atoms with Crippen LogP contribution in [0, 0.1) is 6.92 Å². The summed E-state index contributed by atoms with van der Waals surface area (Å²) in [5.74, 6) is 0. The highest BCUT2D eigenvalue weighted by Gasteiger charge is 2.45. The molecular formula is C22H24N2O4. The van der Waals surface area contributed by atoms with Gasteiger partial charge in [-0.3, -0.25) is 0 Å². The largest absolute Gasteiger partial charge is 0.509 e. The van der Waals surface area contributed by atoms with Gasteiger partial charge >= 0.3 is 12.2 Å². The number of benzene rings is 2. The summed E-state index contributed by atoms with van der Waals surface area (Å²) >= 11 is 0. The molecule has 0 unspecified atom stereocenters. The number of likely N-dealkylation sites (tertiary alicyclic amines) is 1. The number of amides is 2. The fraction of sp³-hybridized carbons (Fsp3) is 0.364. The number of carbonyl (C=O) groups is 2. The first-order chi connectivity index (χ1) is 13.5. The zero-order chi connectivity index (χ0) is 19.6. The Labute approximate surface area is 164 Å². The molecule has 146 valence electrons. The van der Waals surface area contributed by atoms with Gasteiger partial charge in [-0.2, -0.15) is 0 Å². The van der Waals surface area contributed by atoms with Crippen molar-refractivity contribution in [1.29, 1.82) is 0 Å². The standard InChI is InChI=1S/C22H24N2O4/c1-16-7-9-18(10-8-16)19(17-5-3-2-4-6-17)23-20(25)24-13-11-22(12-14-24)15-27-21(26)28-22/h2-10,19H,11-15H2,1H3,(H,23,25)/t19-/m1/s1. The van der Waals surface area contributed by atoms with E-state index >= 15 is 0 Å². The second-order valence-corrected chi connectivity index (χ2v) is 7.51. The van der Waals surface area contributed by atoms with Gasteiger partial charge in [0.05, 0.1) is 6.04 Å². The highest BCUT2D eigenvalue weighted by Crippen LogP contribution is 2.32. The maximum atomic E-state index is 13.0. The molecule has 2 fully saturated rings. The van der Waals surface area contributed by atoms with Gasteiger partial charge in [0.15, 0.2) is 5.60 Å². The van der Waals surface area contributed by atoms with Crippen LogP contribution in [-0.2, 0) is 9.47 Å². The summed E-state index contributed by atoms with van der Waals surface area (Å²) in [6.45, 7) is 3.37. The lowest BCUT2D eigenvalue weighted by molar-refractivity contribution is 0.00921. The van der Waals surface area contributed by atoms with Crippen LogP contribution < -0.4 is 5.32 Å². The zero-order valence-electron chi connectivity index (χ0n) is 15.9. The van der Waals surface area contributed by atoms with Crippen LogP contribution in [0.2, 0.25) is 0 Å². The first-order valence-corrected chi connectivity index (χ1v) is 9.57. The quantitative estimate of drug-likeness (QED) is 0.823. The third kappa shape index (κ3) is 3.81. The molecule has 28 heavy (non-hydrogen) atoms. The SMILES string of the molecule is Cc1ccc([C@H](NC(=O)N2CCC3(CC2)COC(=O)O3)c2ccccc2)cc1. The Balaban J connectivity index is 1.47. The molecule has 6 nitrogen and oxygen atoms in total. The van der Waals surface area contributed by atoms with Crippen molar-refractivity contribution < 1.29 is 19.1 Å². The van der Waals surface area contributed by atoms with Crippen molar-refractivity contribution >= 4 is 12.2 Å². The summed E-state index contributed by atoms with van der Waals surface area (Å²) in [6, 6.07) is 17.8. The monoisotopic (exact) mass is 380 g/mol. The predicted octanol–water partition coefficient (Wildman–Crippen LogP) is 3.80. The van der Waals surface area contributed by atoms with Gasteiger partial charge < -0.3 is 19.7 Å². The van der Waals surface area contributed by atoms with E-state index in [-0.39, 0.29) is 18.7 Å². The Hall–Kier alpha value is -3.02. The molecule has 6 heteroatoms. The lowest BCUT2D eigenvalue weighted by atomic mass is 9.92. The molecule has 1 N–H and O–H groups in total. The van der Waals surface area contributed by atoms with Crippen LogP contribution in [0.3, 0.4) is 0 Å². The number of cyclic esters (lactones) is 1. The van der Waals surface area contributed by atoms with Gasteiger partial charge in [0.25, 0.3) is 0 Å². The molecule has 4 rings (SSSR count). The van der Waals surface area contributed by atoms with Gasteiger partial charge in [0.2, 0.25) is 0 Å². The lowest BCUT2D eigenvalue weighted by Gasteiger charge is -2.37. The molecule has 0 aromatic heterocycles. The first-order valence-electron chi connectivity index (χ1n) is 9.57. The van der Waals surface area contributed by atoms with E-state index in [9.17, 15) is 9.59 Å². The topological polar surface area (TPSA) is 67.9 Å². The van der Waals surface area contributed by atoms with Crippen molar-refractivity contribution in [1.82, 2.24) is 10.2 Å². The molecule has 0 radical (unpaired) electrons. The van der Waals surface area contributed by atoms with E-state index in [1.807, 2.05) is 49.4 Å². The maximum Gasteiger partial charge on any atom is 0.509 e. The number of urea groups is 1. The Bertz CT molecular complexity index is 843. The van der Waals surface area contributed by atoms with Gasteiger partial charge in [-0.1, -0.05) is 60.2 Å². The molecule has 2 amide bonds. The number of nitrogens with one attached hydrogen (secondary N) is 1. The van der Waals surface area contributed by atoms with E-state index in [1.165, 1.54) is 5.56 Å². The van der Waals surface area contributed by atoms with Crippen LogP contribution in [0.15, 0.2) is 54.6 Å². The molecule has 2 aliphatic rings. The molecule has 2 saturated heterocycles. The molecule has 2 aromatic rings. The number of carbonyl (C=O) groups excluding carboxylic acids is 2. The number of hydrogen-bond acceptors (Lipinski definition) is 4. The molecule has 2 heterocycles. The second-order valence-electron chi connectivity index (χ2n) is 7.51. The van der Waals surface area contributed by atoms with Crippen LogP contribution in [-0.4, -0.2) is 42.4 Å². The Kier molecular flexibility index (Phi) is 4.94. The average Bonchev–Trinajstić information content (AvgIpc) is 3.08. The third-order valence-corrected chi connectivity index (χ3v) is 5.53. The number of rotatable bonds is 3. The second kappa shape index (κ2) is 7.54. The number of ether oxygens (including phenoxy) is 2. The summed E-state index contributed by atoms with van der Waals surface area (Å²) in [5.41, 5.74) is 2.68. The van der Waals surface area contributed by atoms with E-state index in [4.69, 9.17) is 9.47 Å². The van der Waals surface area contributed by atoms with Gasteiger partial charge in [-0.05, 0) is 18.1 Å². The minimum Gasteiger partial charge on any atom is -0.430 e. The zero-order valence-corrected chi connectivity index (χ0v) is 15.9. The fourth-order valence-corrected chi connectivity index (χ4v) is 3.77. The molecule has 2 aliphatic heterocycles. The van der Waals surface area contributed by atoms with Crippen LogP contribution in [0.1, 0.15) is 35.6 Å². The molecule has 0 saturated carbocycles. The van der Waals surface area contributed by atoms with E-state index in [0.29, 0.717) is 25.9 Å². The van der Waals surface area contributed by atoms with Gasteiger partial charge in [-0.25, -0.2) is 9.59 Å². The lowest BCUT2D eigenvalue weighted by Crippen LogP contribution is -2.51. The maximum absolute atomic E-state index is 13.0. The normalized spacial score (nSPS) is 19.0. The predicted molar refractivity (Wildman–Crippen MR) is 104 cm³/mol. The van der Waals surface area contributed by atoms with E-state index < -0.39 is 11.8 Å². The summed E-state index contributed by atoms with van der Waals surface area (Å²) in [5, 5.41) is 3.17. The summed E-state index contributed by atoms with van der Waals surface area (Å²) in [7, 11) is 0. The first kappa shape index (κ1) is 18.3.